The lowest BCUT2D eigenvalue weighted by Crippen LogP contribution is -2.27. The molecule has 162 valence electrons. The zero-order valence-electron chi connectivity index (χ0n) is 15.8. The van der Waals surface area contributed by atoms with Crippen molar-refractivity contribution in [1.29, 1.82) is 0 Å². The highest BCUT2D eigenvalue weighted by atomic mass is 19.1. The number of hydrogen-bond acceptors (Lipinski definition) is 6. The first-order valence-electron chi connectivity index (χ1n) is 9.23. The number of halogens is 3. The molecule has 31 heavy (non-hydrogen) atoms. The van der Waals surface area contributed by atoms with Crippen molar-refractivity contribution in [2.24, 2.45) is 5.92 Å². The van der Waals surface area contributed by atoms with E-state index in [1.807, 2.05) is 0 Å². The number of nitrogens with zero attached hydrogens (tertiary/aromatic N) is 3. The topological polar surface area (TPSA) is 116 Å². The standard InChI is InChI=1S/C20H16F3N3O5/c21-10-1-2-15(13(22)5-10)26-8-12(20(30)31)16(27)11-6-14(23)18(24-17(11)26)25-4-3-9(7-25)19(28)29/h1-2,5-6,8-9,19,28-29H,3-4,7H2,(H,30,31). The minimum Gasteiger partial charge on any atom is -0.477 e. The van der Waals surface area contributed by atoms with Gasteiger partial charge in [-0.05, 0) is 24.6 Å². The Labute approximate surface area is 172 Å². The molecule has 0 radical (unpaired) electrons. The van der Waals surface area contributed by atoms with Crippen LogP contribution in [0.2, 0.25) is 0 Å². The maximum Gasteiger partial charge on any atom is 0.341 e. The van der Waals surface area contributed by atoms with Crippen LogP contribution in [0.3, 0.4) is 0 Å². The Morgan fingerprint density at radius 3 is 2.52 bits per heavy atom. The van der Waals surface area contributed by atoms with Gasteiger partial charge in [-0.1, -0.05) is 0 Å². The van der Waals surface area contributed by atoms with Gasteiger partial charge >= 0.3 is 5.97 Å². The third kappa shape index (κ3) is 3.62. The van der Waals surface area contributed by atoms with Crippen molar-refractivity contribution >= 4 is 22.8 Å². The summed E-state index contributed by atoms with van der Waals surface area (Å²) in [5, 5.41) is 27.7. The molecule has 0 spiro atoms. The SMILES string of the molecule is O=C(O)c1cn(-c2ccc(F)cc2F)c2nc(N3CCC(C(O)O)C3)c(F)cc2c1=O. The molecule has 1 aromatic carbocycles. The average Bonchev–Trinajstić information content (AvgIpc) is 3.19. The monoisotopic (exact) mass is 435 g/mol. The lowest BCUT2D eigenvalue weighted by molar-refractivity contribution is -0.0772. The van der Waals surface area contributed by atoms with Crippen molar-refractivity contribution in [3.63, 3.8) is 0 Å². The molecule has 11 heteroatoms. The number of pyridine rings is 2. The number of anilines is 1. The number of hydrogen-bond donors (Lipinski definition) is 3. The second-order valence-electron chi connectivity index (χ2n) is 7.22. The number of carbonyl (C=O) groups is 1. The summed E-state index contributed by atoms with van der Waals surface area (Å²) in [7, 11) is 0. The van der Waals surface area contributed by atoms with E-state index in [0.717, 1.165) is 29.0 Å². The lowest BCUT2D eigenvalue weighted by Gasteiger charge is -2.20. The van der Waals surface area contributed by atoms with Crippen LogP contribution in [0.4, 0.5) is 19.0 Å². The van der Waals surface area contributed by atoms with E-state index in [2.05, 4.69) is 4.98 Å². The number of aliphatic hydroxyl groups is 2. The van der Waals surface area contributed by atoms with Gasteiger partial charge in [0.2, 0.25) is 5.43 Å². The number of aliphatic hydroxyl groups excluding tert-OH is 1. The molecule has 3 N–H and O–H groups in total. The Morgan fingerprint density at radius 1 is 1.16 bits per heavy atom. The van der Waals surface area contributed by atoms with E-state index in [0.29, 0.717) is 12.5 Å². The quantitative estimate of drug-likeness (QED) is 0.534. The molecule has 1 aliphatic rings. The van der Waals surface area contributed by atoms with Gasteiger partial charge in [0.1, 0.15) is 17.2 Å². The van der Waals surface area contributed by atoms with Gasteiger partial charge in [0, 0.05) is 31.3 Å². The van der Waals surface area contributed by atoms with Crippen LogP contribution in [-0.2, 0) is 0 Å². The van der Waals surface area contributed by atoms with Gasteiger partial charge in [-0.3, -0.25) is 9.36 Å². The predicted molar refractivity (Wildman–Crippen MR) is 103 cm³/mol. The van der Waals surface area contributed by atoms with Crippen LogP contribution < -0.4 is 10.3 Å². The number of fused-ring (bicyclic) bond motifs is 1. The molecule has 3 aromatic rings. The van der Waals surface area contributed by atoms with E-state index < -0.39 is 52.0 Å². The summed E-state index contributed by atoms with van der Waals surface area (Å²) in [6, 6.07) is 3.38. The summed E-state index contributed by atoms with van der Waals surface area (Å²) in [5.74, 6) is -5.19. The van der Waals surface area contributed by atoms with Gasteiger partial charge in [-0.15, -0.1) is 0 Å². The van der Waals surface area contributed by atoms with E-state index in [1.165, 1.54) is 4.90 Å². The Kier molecular flexibility index (Phi) is 5.15. The van der Waals surface area contributed by atoms with Gasteiger partial charge in [-0.25, -0.2) is 22.9 Å². The van der Waals surface area contributed by atoms with Crippen molar-refractivity contribution < 1.29 is 33.3 Å². The molecule has 8 nitrogen and oxygen atoms in total. The molecule has 1 atom stereocenters. The zero-order valence-corrected chi connectivity index (χ0v) is 15.8. The Bertz CT molecular complexity index is 1260. The van der Waals surface area contributed by atoms with Crippen molar-refractivity contribution in [2.45, 2.75) is 12.7 Å². The van der Waals surface area contributed by atoms with Gasteiger partial charge in [0.05, 0.1) is 11.1 Å². The van der Waals surface area contributed by atoms with Crippen molar-refractivity contribution in [1.82, 2.24) is 9.55 Å². The fourth-order valence-electron chi connectivity index (χ4n) is 3.67. The summed E-state index contributed by atoms with van der Waals surface area (Å²) < 4.78 is 43.6. The van der Waals surface area contributed by atoms with E-state index >= 15 is 0 Å². The first kappa shape index (κ1) is 20.8. The second-order valence-corrected chi connectivity index (χ2v) is 7.22. The average molecular weight is 435 g/mol. The Morgan fingerprint density at radius 2 is 1.90 bits per heavy atom. The molecule has 3 heterocycles. The first-order chi connectivity index (χ1) is 14.7. The van der Waals surface area contributed by atoms with Crippen LogP contribution in [0, 0.1) is 23.4 Å². The minimum atomic E-state index is -1.60. The van der Waals surface area contributed by atoms with Crippen LogP contribution >= 0.6 is 0 Å². The summed E-state index contributed by atoms with van der Waals surface area (Å²) in [4.78, 5) is 29.7. The van der Waals surface area contributed by atoms with Crippen LogP contribution in [0.1, 0.15) is 16.8 Å². The van der Waals surface area contributed by atoms with Crippen LogP contribution in [0.5, 0.6) is 0 Å². The molecule has 1 aliphatic heterocycles. The van der Waals surface area contributed by atoms with Crippen molar-refractivity contribution in [3.05, 3.63) is 63.7 Å². The highest BCUT2D eigenvalue weighted by Crippen LogP contribution is 2.29. The molecule has 1 saturated heterocycles. The normalized spacial score (nSPS) is 16.5. The largest absolute Gasteiger partial charge is 0.477 e. The second kappa shape index (κ2) is 7.67. The lowest BCUT2D eigenvalue weighted by atomic mass is 10.1. The summed E-state index contributed by atoms with van der Waals surface area (Å²) in [6.07, 6.45) is -0.394. The molecule has 0 bridgehead atoms. The van der Waals surface area contributed by atoms with Crippen LogP contribution in [0.15, 0.2) is 35.3 Å². The van der Waals surface area contributed by atoms with E-state index in [1.54, 1.807) is 0 Å². The third-order valence-corrected chi connectivity index (χ3v) is 5.26. The van der Waals surface area contributed by atoms with E-state index in [-0.39, 0.29) is 30.2 Å². The Hall–Kier alpha value is -3.44. The minimum absolute atomic E-state index is 0.0788. The van der Waals surface area contributed by atoms with Gasteiger partial charge in [0.15, 0.2) is 23.6 Å². The van der Waals surface area contributed by atoms with Crippen molar-refractivity contribution in [3.8, 4) is 5.69 Å². The number of carboxylic acids is 1. The smallest absolute Gasteiger partial charge is 0.341 e. The molecule has 4 rings (SSSR count). The van der Waals surface area contributed by atoms with Gasteiger partial charge in [-0.2, -0.15) is 0 Å². The molecule has 0 saturated carbocycles. The van der Waals surface area contributed by atoms with Crippen LogP contribution in [-0.4, -0.2) is 50.2 Å². The fraction of sp³-hybridized carbons (Fsp3) is 0.250. The molecule has 2 aromatic heterocycles. The Balaban J connectivity index is 1.98. The third-order valence-electron chi connectivity index (χ3n) is 5.26. The van der Waals surface area contributed by atoms with E-state index in [4.69, 9.17) is 0 Å². The number of aromatic nitrogens is 2. The summed E-state index contributed by atoms with van der Waals surface area (Å²) >= 11 is 0. The first-order valence-corrected chi connectivity index (χ1v) is 9.23. The summed E-state index contributed by atoms with van der Waals surface area (Å²) in [5.41, 5.74) is -2.27. The van der Waals surface area contributed by atoms with E-state index in [9.17, 15) is 38.1 Å². The number of rotatable bonds is 4. The molecule has 0 amide bonds. The molecule has 1 fully saturated rings. The molecular formula is C20H16F3N3O5. The van der Waals surface area contributed by atoms with Crippen LogP contribution in [0.25, 0.3) is 16.7 Å². The molecule has 1 unspecified atom stereocenters. The zero-order chi connectivity index (χ0) is 22.4. The number of benzene rings is 1. The van der Waals surface area contributed by atoms with Crippen molar-refractivity contribution in [2.75, 3.05) is 18.0 Å². The predicted octanol–water partition coefficient (Wildman–Crippen LogP) is 1.64. The van der Waals surface area contributed by atoms with Gasteiger partial charge < -0.3 is 20.2 Å². The highest BCUT2D eigenvalue weighted by Gasteiger charge is 2.30. The number of aromatic carboxylic acids is 1. The maximum absolute atomic E-state index is 14.8. The maximum atomic E-state index is 14.8. The highest BCUT2D eigenvalue weighted by molar-refractivity contribution is 5.92. The fourth-order valence-corrected chi connectivity index (χ4v) is 3.67. The van der Waals surface area contributed by atoms with Gasteiger partial charge in [0.25, 0.3) is 0 Å². The molecule has 0 aliphatic carbocycles. The molecular weight excluding hydrogens is 419 g/mol. The summed E-state index contributed by atoms with van der Waals surface area (Å²) in [6.45, 7) is 0.329. The number of carboxylic acid groups (broad SMARTS) is 1.